The molecule has 1 aromatic carbocycles. The molecule has 1 fully saturated rings. The number of nitrogens with one attached hydrogen (secondary N) is 1. The van der Waals surface area contributed by atoms with E-state index < -0.39 is 21.9 Å². The molecule has 0 aromatic heterocycles. The standard InChI is InChI=1S/C17H23BrN2O5S/c1-12(2)25-16(21)10-19-17(22)13-4-3-9-20(11-13)26(23,24)15-7-5-14(18)6-8-15/h5-8,12-13H,3-4,9-11H2,1-2H3,(H,19,22). The average molecular weight is 447 g/mol. The minimum absolute atomic E-state index is 0.101. The molecule has 1 amide bonds. The van der Waals surface area contributed by atoms with Crippen LogP contribution in [0, 0.1) is 5.92 Å². The molecular formula is C17H23BrN2O5S. The van der Waals surface area contributed by atoms with Crippen LogP contribution in [0.25, 0.3) is 0 Å². The number of hydrogen-bond acceptors (Lipinski definition) is 5. The first kappa shape index (κ1) is 20.9. The Morgan fingerprint density at radius 2 is 1.96 bits per heavy atom. The number of piperidine rings is 1. The zero-order chi connectivity index (χ0) is 19.3. The third kappa shape index (κ3) is 5.52. The number of ether oxygens (including phenoxy) is 1. The molecule has 26 heavy (non-hydrogen) atoms. The monoisotopic (exact) mass is 446 g/mol. The minimum atomic E-state index is -3.65. The lowest BCUT2D eigenvalue weighted by Crippen LogP contribution is -2.46. The summed E-state index contributed by atoms with van der Waals surface area (Å²) in [6.45, 7) is 3.71. The van der Waals surface area contributed by atoms with Crippen molar-refractivity contribution in [3.63, 3.8) is 0 Å². The molecule has 9 heteroatoms. The Kier molecular flexibility index (Phi) is 7.19. The molecule has 1 N–H and O–H groups in total. The highest BCUT2D eigenvalue weighted by Crippen LogP contribution is 2.24. The number of amides is 1. The van der Waals surface area contributed by atoms with Crippen molar-refractivity contribution in [3.05, 3.63) is 28.7 Å². The summed E-state index contributed by atoms with van der Waals surface area (Å²) in [7, 11) is -3.65. The Bertz CT molecular complexity index is 749. The first-order chi connectivity index (χ1) is 12.2. The van der Waals surface area contributed by atoms with Crippen LogP contribution in [0.15, 0.2) is 33.6 Å². The first-order valence-electron chi connectivity index (χ1n) is 8.43. The molecule has 1 aliphatic rings. The number of benzene rings is 1. The lowest BCUT2D eigenvalue weighted by molar-refractivity contribution is -0.147. The summed E-state index contributed by atoms with van der Waals surface area (Å²) in [4.78, 5) is 24.0. The number of rotatable bonds is 6. The van der Waals surface area contributed by atoms with E-state index in [-0.39, 0.29) is 30.0 Å². The third-order valence-electron chi connectivity index (χ3n) is 3.98. The van der Waals surface area contributed by atoms with Gasteiger partial charge in [-0.1, -0.05) is 15.9 Å². The summed E-state index contributed by atoms with van der Waals surface area (Å²) in [6.07, 6.45) is 0.919. The molecule has 7 nitrogen and oxygen atoms in total. The molecule has 1 saturated heterocycles. The fraction of sp³-hybridized carbons (Fsp3) is 0.529. The fourth-order valence-electron chi connectivity index (χ4n) is 2.74. The van der Waals surface area contributed by atoms with E-state index in [1.165, 1.54) is 16.4 Å². The number of nitrogens with zero attached hydrogens (tertiary/aromatic N) is 1. The van der Waals surface area contributed by atoms with Crippen LogP contribution in [0.1, 0.15) is 26.7 Å². The van der Waals surface area contributed by atoms with Gasteiger partial charge in [0.15, 0.2) is 0 Å². The predicted molar refractivity (Wildman–Crippen MR) is 99.9 cm³/mol. The number of halogens is 1. The maximum Gasteiger partial charge on any atom is 0.325 e. The van der Waals surface area contributed by atoms with Crippen LogP contribution in [0.3, 0.4) is 0 Å². The van der Waals surface area contributed by atoms with Gasteiger partial charge in [-0.3, -0.25) is 9.59 Å². The zero-order valence-electron chi connectivity index (χ0n) is 14.8. The second kappa shape index (κ2) is 8.96. The van der Waals surface area contributed by atoms with Gasteiger partial charge in [-0.2, -0.15) is 4.31 Å². The molecule has 1 unspecified atom stereocenters. The summed E-state index contributed by atoms with van der Waals surface area (Å²) >= 11 is 3.28. The van der Waals surface area contributed by atoms with Crippen LogP contribution in [-0.4, -0.2) is 50.3 Å². The van der Waals surface area contributed by atoms with Gasteiger partial charge in [-0.25, -0.2) is 8.42 Å². The van der Waals surface area contributed by atoms with E-state index >= 15 is 0 Å². The second-order valence-electron chi connectivity index (χ2n) is 6.41. The van der Waals surface area contributed by atoms with E-state index in [9.17, 15) is 18.0 Å². The van der Waals surface area contributed by atoms with E-state index in [2.05, 4.69) is 21.2 Å². The molecule has 144 valence electrons. The molecule has 1 atom stereocenters. The van der Waals surface area contributed by atoms with Crippen molar-refractivity contribution in [1.29, 1.82) is 0 Å². The van der Waals surface area contributed by atoms with Crippen molar-refractivity contribution >= 4 is 37.8 Å². The summed E-state index contributed by atoms with van der Waals surface area (Å²) < 4.78 is 32.6. The number of carbonyl (C=O) groups is 2. The van der Waals surface area contributed by atoms with Gasteiger partial charge in [0, 0.05) is 17.6 Å². The number of hydrogen-bond donors (Lipinski definition) is 1. The fourth-order valence-corrected chi connectivity index (χ4v) is 4.53. The van der Waals surface area contributed by atoms with Crippen molar-refractivity contribution in [1.82, 2.24) is 9.62 Å². The van der Waals surface area contributed by atoms with Crippen LogP contribution in [0.4, 0.5) is 0 Å². The largest absolute Gasteiger partial charge is 0.462 e. The smallest absolute Gasteiger partial charge is 0.325 e. The summed E-state index contributed by atoms with van der Waals surface area (Å²) in [6, 6.07) is 6.40. The van der Waals surface area contributed by atoms with Gasteiger partial charge < -0.3 is 10.1 Å². The molecule has 1 heterocycles. The van der Waals surface area contributed by atoms with Crippen molar-refractivity contribution in [2.45, 2.75) is 37.7 Å². The quantitative estimate of drug-likeness (QED) is 0.673. The predicted octanol–water partition coefficient (Wildman–Crippen LogP) is 1.92. The van der Waals surface area contributed by atoms with Crippen LogP contribution in [0.2, 0.25) is 0 Å². The van der Waals surface area contributed by atoms with E-state index in [0.717, 1.165) is 4.47 Å². The van der Waals surface area contributed by atoms with E-state index in [4.69, 9.17) is 4.74 Å². The Balaban J connectivity index is 1.98. The number of esters is 1. The number of carbonyl (C=O) groups excluding carboxylic acids is 2. The maximum atomic E-state index is 12.8. The van der Waals surface area contributed by atoms with Crippen LogP contribution >= 0.6 is 15.9 Å². The van der Waals surface area contributed by atoms with Crippen LogP contribution in [0.5, 0.6) is 0 Å². The van der Waals surface area contributed by atoms with E-state index in [1.54, 1.807) is 26.0 Å². The Labute approximate surface area is 162 Å². The highest BCUT2D eigenvalue weighted by Gasteiger charge is 2.33. The lowest BCUT2D eigenvalue weighted by atomic mass is 9.99. The van der Waals surface area contributed by atoms with Gasteiger partial charge in [0.25, 0.3) is 0 Å². The van der Waals surface area contributed by atoms with Crippen molar-refractivity contribution in [2.75, 3.05) is 19.6 Å². The summed E-state index contributed by atoms with van der Waals surface area (Å²) in [5.74, 6) is -1.33. The van der Waals surface area contributed by atoms with Gasteiger partial charge in [0.1, 0.15) is 6.54 Å². The first-order valence-corrected chi connectivity index (χ1v) is 10.7. The molecule has 0 radical (unpaired) electrons. The summed E-state index contributed by atoms with van der Waals surface area (Å²) in [5, 5.41) is 2.54. The highest BCUT2D eigenvalue weighted by atomic mass is 79.9. The van der Waals surface area contributed by atoms with Gasteiger partial charge in [-0.05, 0) is 51.0 Å². The van der Waals surface area contributed by atoms with Gasteiger partial charge in [-0.15, -0.1) is 0 Å². The van der Waals surface area contributed by atoms with Gasteiger partial charge >= 0.3 is 5.97 Å². The summed E-state index contributed by atoms with van der Waals surface area (Å²) in [5.41, 5.74) is 0. The molecule has 0 bridgehead atoms. The van der Waals surface area contributed by atoms with Crippen molar-refractivity contribution in [2.24, 2.45) is 5.92 Å². The third-order valence-corrected chi connectivity index (χ3v) is 6.39. The molecule has 2 rings (SSSR count). The molecule has 0 saturated carbocycles. The lowest BCUT2D eigenvalue weighted by Gasteiger charge is -2.31. The zero-order valence-corrected chi connectivity index (χ0v) is 17.2. The SMILES string of the molecule is CC(C)OC(=O)CNC(=O)C1CCCN(S(=O)(=O)c2ccc(Br)cc2)C1. The van der Waals surface area contributed by atoms with Crippen LogP contribution in [-0.2, 0) is 24.3 Å². The topological polar surface area (TPSA) is 92.8 Å². The Morgan fingerprint density at radius 1 is 1.31 bits per heavy atom. The highest BCUT2D eigenvalue weighted by molar-refractivity contribution is 9.10. The Hall–Kier alpha value is -1.45. The molecule has 1 aromatic rings. The van der Waals surface area contributed by atoms with Gasteiger partial charge in [0.2, 0.25) is 15.9 Å². The molecular weight excluding hydrogens is 424 g/mol. The molecule has 0 aliphatic carbocycles. The van der Waals surface area contributed by atoms with E-state index in [1.807, 2.05) is 0 Å². The maximum absolute atomic E-state index is 12.8. The Morgan fingerprint density at radius 3 is 2.58 bits per heavy atom. The van der Waals surface area contributed by atoms with Crippen LogP contribution < -0.4 is 5.32 Å². The normalized spacial score (nSPS) is 18.5. The minimum Gasteiger partial charge on any atom is -0.462 e. The van der Waals surface area contributed by atoms with Crippen molar-refractivity contribution in [3.8, 4) is 0 Å². The molecule has 1 aliphatic heterocycles. The number of sulfonamides is 1. The average Bonchev–Trinajstić information content (AvgIpc) is 2.59. The van der Waals surface area contributed by atoms with E-state index in [0.29, 0.717) is 19.4 Å². The second-order valence-corrected chi connectivity index (χ2v) is 9.27. The molecule has 0 spiro atoms. The van der Waals surface area contributed by atoms with Gasteiger partial charge in [0.05, 0.1) is 16.9 Å². The van der Waals surface area contributed by atoms with Crippen molar-refractivity contribution < 1.29 is 22.7 Å².